The number of halogens is 1. The van der Waals surface area contributed by atoms with E-state index in [-0.39, 0.29) is 11.9 Å². The van der Waals surface area contributed by atoms with E-state index in [1.54, 1.807) is 12.1 Å². The molecule has 0 aromatic heterocycles. The lowest BCUT2D eigenvalue weighted by Gasteiger charge is -2.13. The first-order valence-electron chi connectivity index (χ1n) is 4.84. The third kappa shape index (κ3) is 3.30. The third-order valence-corrected chi connectivity index (χ3v) is 2.17. The molecule has 1 aromatic rings. The molecule has 1 unspecified atom stereocenters. The lowest BCUT2D eigenvalue weighted by atomic mass is 10.1. The number of benzene rings is 1. The van der Waals surface area contributed by atoms with Gasteiger partial charge in [-0.3, -0.25) is 0 Å². The molecular weight excluding hydrogens is 177 g/mol. The first-order chi connectivity index (χ1) is 6.74. The van der Waals surface area contributed by atoms with Crippen LogP contribution in [0.3, 0.4) is 0 Å². The lowest BCUT2D eigenvalue weighted by Crippen LogP contribution is -2.19. The number of nitrogens with one attached hydrogen (secondary N) is 1. The normalized spacial score (nSPS) is 12.4. The Labute approximate surface area is 84.6 Å². The largest absolute Gasteiger partial charge is 0.310 e. The van der Waals surface area contributed by atoms with Crippen molar-refractivity contribution in [1.29, 1.82) is 0 Å². The zero-order chi connectivity index (χ0) is 10.4. The summed E-state index contributed by atoms with van der Waals surface area (Å²) in [6.07, 6.45) is 2.83. The van der Waals surface area contributed by atoms with Crippen LogP contribution in [0.25, 0.3) is 0 Å². The first-order valence-corrected chi connectivity index (χ1v) is 4.84. The quantitative estimate of drug-likeness (QED) is 0.560. The maximum Gasteiger partial charge on any atom is 0.123 e. The van der Waals surface area contributed by atoms with E-state index < -0.39 is 0 Å². The second kappa shape index (κ2) is 5.55. The van der Waals surface area contributed by atoms with Gasteiger partial charge in [-0.05, 0) is 37.6 Å². The van der Waals surface area contributed by atoms with Gasteiger partial charge in [0.05, 0.1) is 0 Å². The molecule has 1 rings (SSSR count). The van der Waals surface area contributed by atoms with Crippen LogP contribution in [0.1, 0.15) is 24.9 Å². The van der Waals surface area contributed by atoms with Crippen molar-refractivity contribution in [2.45, 2.75) is 19.4 Å². The van der Waals surface area contributed by atoms with Gasteiger partial charge in [0.2, 0.25) is 0 Å². The molecule has 0 saturated heterocycles. The van der Waals surface area contributed by atoms with Gasteiger partial charge in [-0.25, -0.2) is 4.39 Å². The van der Waals surface area contributed by atoms with Gasteiger partial charge in [0, 0.05) is 6.04 Å². The first kappa shape index (κ1) is 10.9. The topological polar surface area (TPSA) is 12.0 Å². The van der Waals surface area contributed by atoms with Crippen molar-refractivity contribution in [3.63, 3.8) is 0 Å². The molecule has 2 heteroatoms. The third-order valence-electron chi connectivity index (χ3n) is 2.17. The summed E-state index contributed by atoms with van der Waals surface area (Å²) in [6.45, 7) is 6.62. The molecule has 0 radical (unpaired) electrons. The van der Waals surface area contributed by atoms with Crippen molar-refractivity contribution in [2.75, 3.05) is 6.54 Å². The van der Waals surface area contributed by atoms with Crippen LogP contribution in [-0.2, 0) is 0 Å². The molecule has 0 aliphatic carbocycles. The fourth-order valence-corrected chi connectivity index (χ4v) is 1.27. The molecule has 1 atom stereocenters. The Kier molecular flexibility index (Phi) is 4.33. The van der Waals surface area contributed by atoms with E-state index >= 15 is 0 Å². The summed E-state index contributed by atoms with van der Waals surface area (Å²) in [5, 5.41) is 3.33. The average Bonchev–Trinajstić information content (AvgIpc) is 2.19. The molecule has 0 fully saturated rings. The Bertz CT molecular complexity index is 279. The fourth-order valence-electron chi connectivity index (χ4n) is 1.27. The van der Waals surface area contributed by atoms with Gasteiger partial charge in [0.25, 0.3) is 0 Å². The second-order valence-corrected chi connectivity index (χ2v) is 3.30. The van der Waals surface area contributed by atoms with Crippen molar-refractivity contribution >= 4 is 0 Å². The van der Waals surface area contributed by atoms with Crippen LogP contribution in [0, 0.1) is 5.82 Å². The second-order valence-electron chi connectivity index (χ2n) is 3.30. The standard InChI is InChI=1S/C12H16FN/c1-3-4-9-14-10(2)11-5-7-12(13)8-6-11/h3,5-8,10,14H,1,4,9H2,2H3. The Balaban J connectivity index is 2.47. The summed E-state index contributed by atoms with van der Waals surface area (Å²) in [6, 6.07) is 6.85. The lowest BCUT2D eigenvalue weighted by molar-refractivity contribution is 0.577. The van der Waals surface area contributed by atoms with Gasteiger partial charge in [0.1, 0.15) is 5.82 Å². The minimum absolute atomic E-state index is 0.188. The van der Waals surface area contributed by atoms with Crippen molar-refractivity contribution in [3.05, 3.63) is 48.3 Å². The van der Waals surface area contributed by atoms with Crippen molar-refractivity contribution in [1.82, 2.24) is 5.32 Å². The van der Waals surface area contributed by atoms with E-state index in [0.29, 0.717) is 0 Å². The molecule has 0 aliphatic rings. The highest BCUT2D eigenvalue weighted by molar-refractivity contribution is 5.19. The molecule has 0 spiro atoms. The SMILES string of the molecule is C=CCCNC(C)c1ccc(F)cc1. The van der Waals surface area contributed by atoms with Gasteiger partial charge in [-0.1, -0.05) is 18.2 Å². The maximum atomic E-state index is 12.6. The molecule has 1 nitrogen and oxygen atoms in total. The molecular formula is C12H16FN. The Hall–Kier alpha value is -1.15. The summed E-state index contributed by atoms with van der Waals surface area (Å²) in [5.41, 5.74) is 1.11. The van der Waals surface area contributed by atoms with Crippen LogP contribution < -0.4 is 5.32 Å². The minimum Gasteiger partial charge on any atom is -0.310 e. The van der Waals surface area contributed by atoms with E-state index in [1.165, 1.54) is 12.1 Å². The van der Waals surface area contributed by atoms with Crippen LogP contribution in [0.15, 0.2) is 36.9 Å². The summed E-state index contributed by atoms with van der Waals surface area (Å²) >= 11 is 0. The maximum absolute atomic E-state index is 12.6. The van der Waals surface area contributed by atoms with Crippen LogP contribution in [0.4, 0.5) is 4.39 Å². The minimum atomic E-state index is -0.188. The van der Waals surface area contributed by atoms with E-state index in [1.807, 2.05) is 6.08 Å². The Morgan fingerprint density at radius 3 is 2.64 bits per heavy atom. The molecule has 14 heavy (non-hydrogen) atoms. The summed E-state index contributed by atoms with van der Waals surface area (Å²) in [7, 11) is 0. The molecule has 76 valence electrons. The summed E-state index contributed by atoms with van der Waals surface area (Å²) in [4.78, 5) is 0. The highest BCUT2D eigenvalue weighted by atomic mass is 19.1. The Morgan fingerprint density at radius 1 is 1.43 bits per heavy atom. The zero-order valence-electron chi connectivity index (χ0n) is 8.46. The highest BCUT2D eigenvalue weighted by Crippen LogP contribution is 2.12. The van der Waals surface area contributed by atoms with Crippen LogP contribution in [0.5, 0.6) is 0 Å². The van der Waals surface area contributed by atoms with Gasteiger partial charge in [0.15, 0.2) is 0 Å². The van der Waals surface area contributed by atoms with Crippen LogP contribution >= 0.6 is 0 Å². The summed E-state index contributed by atoms with van der Waals surface area (Å²) < 4.78 is 12.6. The summed E-state index contributed by atoms with van der Waals surface area (Å²) in [5.74, 6) is -0.188. The van der Waals surface area contributed by atoms with Gasteiger partial charge in [-0.2, -0.15) is 0 Å². The smallest absolute Gasteiger partial charge is 0.123 e. The van der Waals surface area contributed by atoms with E-state index in [2.05, 4.69) is 18.8 Å². The van der Waals surface area contributed by atoms with Gasteiger partial charge < -0.3 is 5.32 Å². The molecule has 0 bridgehead atoms. The monoisotopic (exact) mass is 193 g/mol. The van der Waals surface area contributed by atoms with Crippen LogP contribution in [0.2, 0.25) is 0 Å². The Morgan fingerprint density at radius 2 is 2.07 bits per heavy atom. The van der Waals surface area contributed by atoms with Crippen molar-refractivity contribution < 1.29 is 4.39 Å². The number of hydrogen-bond acceptors (Lipinski definition) is 1. The average molecular weight is 193 g/mol. The predicted molar refractivity (Wildman–Crippen MR) is 57.6 cm³/mol. The molecule has 0 saturated carbocycles. The fraction of sp³-hybridized carbons (Fsp3) is 0.333. The molecule has 0 heterocycles. The predicted octanol–water partition coefficient (Wildman–Crippen LogP) is 3.05. The highest BCUT2D eigenvalue weighted by Gasteiger charge is 2.02. The zero-order valence-corrected chi connectivity index (χ0v) is 8.46. The van der Waals surface area contributed by atoms with Gasteiger partial charge >= 0.3 is 0 Å². The van der Waals surface area contributed by atoms with Crippen LogP contribution in [-0.4, -0.2) is 6.54 Å². The van der Waals surface area contributed by atoms with E-state index in [4.69, 9.17) is 0 Å². The van der Waals surface area contributed by atoms with Crippen molar-refractivity contribution in [3.8, 4) is 0 Å². The van der Waals surface area contributed by atoms with E-state index in [0.717, 1.165) is 18.5 Å². The molecule has 1 aromatic carbocycles. The number of hydrogen-bond donors (Lipinski definition) is 1. The van der Waals surface area contributed by atoms with E-state index in [9.17, 15) is 4.39 Å². The number of rotatable bonds is 5. The molecule has 1 N–H and O–H groups in total. The molecule has 0 amide bonds. The molecule has 0 aliphatic heterocycles. The van der Waals surface area contributed by atoms with Crippen molar-refractivity contribution in [2.24, 2.45) is 0 Å². The van der Waals surface area contributed by atoms with Gasteiger partial charge in [-0.15, -0.1) is 6.58 Å².